The molecular weight excluding hydrogens is 498 g/mol. The van der Waals surface area contributed by atoms with Crippen LogP contribution in [0.4, 0.5) is 11.4 Å². The van der Waals surface area contributed by atoms with E-state index >= 15 is 0 Å². The van der Waals surface area contributed by atoms with Crippen molar-refractivity contribution in [2.45, 2.75) is 19.3 Å². The first-order chi connectivity index (χ1) is 20.1. The summed E-state index contributed by atoms with van der Waals surface area (Å²) in [7, 11) is 0. The summed E-state index contributed by atoms with van der Waals surface area (Å²) < 4.78 is 6.73. The monoisotopic (exact) mass is 525 g/mol. The standard InChI is InChI=1S/C39H27NO/c1-23-15-17-25(18-16-23)40-26-19-20-29-33(22-26)39(31-12-6-3-9-27(31)28-10-4-7-13-32(28)39)34-21-24(2)36-30-11-5-8-14-35(30)41-38(36)37(29)34/h3-22,40H,1-2H3. The fourth-order valence-corrected chi connectivity index (χ4v) is 7.57. The molecule has 1 spiro atoms. The van der Waals surface area contributed by atoms with Crippen molar-refractivity contribution in [2.75, 3.05) is 5.32 Å². The molecule has 2 nitrogen and oxygen atoms in total. The van der Waals surface area contributed by atoms with Gasteiger partial charge in [-0.3, -0.25) is 0 Å². The third-order valence-corrected chi connectivity index (χ3v) is 9.24. The molecule has 194 valence electrons. The van der Waals surface area contributed by atoms with Crippen LogP contribution in [0.5, 0.6) is 0 Å². The van der Waals surface area contributed by atoms with Crippen LogP contribution in [0.1, 0.15) is 33.4 Å². The van der Waals surface area contributed by atoms with Crippen molar-refractivity contribution in [3.63, 3.8) is 0 Å². The molecule has 0 saturated carbocycles. The molecule has 2 heteroatoms. The Labute approximate surface area is 238 Å². The molecule has 9 rings (SSSR count). The predicted molar refractivity (Wildman–Crippen MR) is 169 cm³/mol. The van der Waals surface area contributed by atoms with Crippen molar-refractivity contribution in [3.05, 3.63) is 155 Å². The highest BCUT2D eigenvalue weighted by atomic mass is 16.3. The van der Waals surface area contributed by atoms with E-state index in [0.717, 1.165) is 22.5 Å². The van der Waals surface area contributed by atoms with E-state index in [-0.39, 0.29) is 0 Å². The number of anilines is 2. The van der Waals surface area contributed by atoms with Gasteiger partial charge in [-0.2, -0.15) is 0 Å². The molecule has 2 aliphatic carbocycles. The number of fused-ring (bicyclic) bond motifs is 14. The minimum absolute atomic E-state index is 0.430. The summed E-state index contributed by atoms with van der Waals surface area (Å²) in [4.78, 5) is 0. The summed E-state index contributed by atoms with van der Waals surface area (Å²) >= 11 is 0. The Kier molecular flexibility index (Phi) is 4.42. The number of rotatable bonds is 2. The summed E-state index contributed by atoms with van der Waals surface area (Å²) in [6, 6.07) is 44.2. The van der Waals surface area contributed by atoms with Crippen LogP contribution >= 0.6 is 0 Å². The van der Waals surface area contributed by atoms with Gasteiger partial charge in [0.2, 0.25) is 0 Å². The van der Waals surface area contributed by atoms with Gasteiger partial charge in [0.25, 0.3) is 0 Å². The molecule has 0 bridgehead atoms. The lowest BCUT2D eigenvalue weighted by molar-refractivity contribution is 0.669. The highest BCUT2D eigenvalue weighted by molar-refractivity contribution is 6.14. The number of hydrogen-bond donors (Lipinski definition) is 1. The van der Waals surface area contributed by atoms with Crippen LogP contribution in [-0.4, -0.2) is 0 Å². The second kappa shape index (κ2) is 7.99. The van der Waals surface area contributed by atoms with Crippen molar-refractivity contribution in [3.8, 4) is 22.3 Å². The fraction of sp³-hybridized carbons (Fsp3) is 0.0769. The summed E-state index contributed by atoms with van der Waals surface area (Å²) in [6.45, 7) is 4.36. The largest absolute Gasteiger partial charge is 0.455 e. The normalized spacial score (nSPS) is 13.8. The predicted octanol–water partition coefficient (Wildman–Crippen LogP) is 10.3. The van der Waals surface area contributed by atoms with Gasteiger partial charge < -0.3 is 9.73 Å². The minimum atomic E-state index is -0.430. The van der Waals surface area contributed by atoms with Crippen molar-refractivity contribution in [1.29, 1.82) is 0 Å². The first-order valence-electron chi connectivity index (χ1n) is 14.3. The van der Waals surface area contributed by atoms with Crippen LogP contribution in [0.2, 0.25) is 0 Å². The quantitative estimate of drug-likeness (QED) is 0.243. The van der Waals surface area contributed by atoms with Crippen molar-refractivity contribution in [2.24, 2.45) is 0 Å². The summed E-state index contributed by atoms with van der Waals surface area (Å²) in [5, 5.41) is 6.08. The molecule has 1 aromatic heterocycles. The molecular formula is C39H27NO. The number of benzene rings is 6. The van der Waals surface area contributed by atoms with E-state index in [1.807, 2.05) is 0 Å². The molecule has 1 N–H and O–H groups in total. The van der Waals surface area contributed by atoms with E-state index in [1.165, 1.54) is 66.4 Å². The topological polar surface area (TPSA) is 25.2 Å². The van der Waals surface area contributed by atoms with Crippen LogP contribution < -0.4 is 5.32 Å². The second-order valence-corrected chi connectivity index (χ2v) is 11.5. The number of aryl methyl sites for hydroxylation is 2. The van der Waals surface area contributed by atoms with Crippen molar-refractivity contribution >= 4 is 33.3 Å². The Hall–Kier alpha value is -5.08. The Morgan fingerprint density at radius 1 is 0.561 bits per heavy atom. The molecule has 2 aliphatic rings. The highest BCUT2D eigenvalue weighted by Gasteiger charge is 2.52. The summed E-state index contributed by atoms with van der Waals surface area (Å²) in [5.41, 5.74) is 16.5. The minimum Gasteiger partial charge on any atom is -0.455 e. The number of hydrogen-bond acceptors (Lipinski definition) is 2. The molecule has 0 aliphatic heterocycles. The van der Waals surface area contributed by atoms with Gasteiger partial charge in [-0.15, -0.1) is 0 Å². The lowest BCUT2D eigenvalue weighted by Gasteiger charge is -2.31. The van der Waals surface area contributed by atoms with E-state index < -0.39 is 5.41 Å². The average molecular weight is 526 g/mol. The van der Waals surface area contributed by atoms with Gasteiger partial charge in [-0.1, -0.05) is 96.6 Å². The first kappa shape index (κ1) is 22.7. The van der Waals surface area contributed by atoms with Crippen molar-refractivity contribution in [1.82, 2.24) is 0 Å². The zero-order chi connectivity index (χ0) is 27.3. The van der Waals surface area contributed by atoms with E-state index in [4.69, 9.17) is 4.42 Å². The lowest BCUT2D eigenvalue weighted by Crippen LogP contribution is -2.26. The van der Waals surface area contributed by atoms with Gasteiger partial charge in [0.1, 0.15) is 11.2 Å². The Bertz CT molecular complexity index is 2150. The van der Waals surface area contributed by atoms with Crippen LogP contribution in [-0.2, 0) is 5.41 Å². The van der Waals surface area contributed by atoms with E-state index in [2.05, 4.69) is 140 Å². The van der Waals surface area contributed by atoms with Gasteiger partial charge in [-0.25, -0.2) is 0 Å². The van der Waals surface area contributed by atoms with Crippen LogP contribution in [0.3, 0.4) is 0 Å². The molecule has 0 fully saturated rings. The number of nitrogens with one attached hydrogen (secondary N) is 1. The first-order valence-corrected chi connectivity index (χ1v) is 14.3. The van der Waals surface area contributed by atoms with Crippen LogP contribution in [0.25, 0.3) is 44.2 Å². The molecule has 6 aromatic carbocycles. The third-order valence-electron chi connectivity index (χ3n) is 9.24. The van der Waals surface area contributed by atoms with Crippen molar-refractivity contribution < 1.29 is 4.42 Å². The maximum Gasteiger partial charge on any atom is 0.143 e. The Morgan fingerprint density at radius 3 is 1.98 bits per heavy atom. The maximum absolute atomic E-state index is 6.73. The van der Waals surface area contributed by atoms with Crippen LogP contribution in [0, 0.1) is 13.8 Å². The number of furan rings is 1. The molecule has 0 saturated heterocycles. The number of para-hydroxylation sites is 1. The van der Waals surface area contributed by atoms with E-state index in [0.29, 0.717) is 0 Å². The molecule has 0 unspecified atom stereocenters. The van der Waals surface area contributed by atoms with Crippen LogP contribution in [0.15, 0.2) is 126 Å². The smallest absolute Gasteiger partial charge is 0.143 e. The third kappa shape index (κ3) is 2.87. The molecule has 0 amide bonds. The Balaban J connectivity index is 1.42. The van der Waals surface area contributed by atoms with E-state index in [1.54, 1.807) is 0 Å². The molecule has 1 heterocycles. The molecule has 7 aromatic rings. The van der Waals surface area contributed by atoms with Gasteiger partial charge in [0.05, 0.1) is 5.41 Å². The summed E-state index contributed by atoms with van der Waals surface area (Å²) in [6.07, 6.45) is 0. The lowest BCUT2D eigenvalue weighted by atomic mass is 9.70. The summed E-state index contributed by atoms with van der Waals surface area (Å²) in [5.74, 6) is 0. The zero-order valence-electron chi connectivity index (χ0n) is 23.0. The van der Waals surface area contributed by atoms with Gasteiger partial charge in [0, 0.05) is 27.7 Å². The zero-order valence-corrected chi connectivity index (χ0v) is 23.0. The molecule has 0 atom stereocenters. The second-order valence-electron chi connectivity index (χ2n) is 11.5. The van der Waals surface area contributed by atoms with Gasteiger partial charge in [-0.05, 0) is 88.7 Å². The maximum atomic E-state index is 6.73. The molecule has 0 radical (unpaired) electrons. The van der Waals surface area contributed by atoms with E-state index in [9.17, 15) is 0 Å². The average Bonchev–Trinajstić information content (AvgIpc) is 3.63. The fourth-order valence-electron chi connectivity index (χ4n) is 7.57. The SMILES string of the molecule is Cc1ccc(Nc2ccc3c(c2)C2(c4ccccc4-c4ccccc42)c2cc(C)c4c(oc5ccccc54)c2-3)cc1. The van der Waals surface area contributed by atoms with Gasteiger partial charge in [0.15, 0.2) is 0 Å². The Morgan fingerprint density at radius 2 is 1.22 bits per heavy atom. The van der Waals surface area contributed by atoms with Gasteiger partial charge >= 0.3 is 0 Å². The highest BCUT2D eigenvalue weighted by Crippen LogP contribution is 2.64. The molecule has 41 heavy (non-hydrogen) atoms.